The van der Waals surface area contributed by atoms with Gasteiger partial charge < -0.3 is 10.1 Å². The van der Waals surface area contributed by atoms with E-state index in [1.807, 2.05) is 27.8 Å². The molecule has 0 amide bonds. The molecule has 0 radical (unpaired) electrons. The zero-order chi connectivity index (χ0) is 14.8. The van der Waals surface area contributed by atoms with Gasteiger partial charge >= 0.3 is 0 Å². The summed E-state index contributed by atoms with van der Waals surface area (Å²) in [5.41, 5.74) is 3.30. The summed E-state index contributed by atoms with van der Waals surface area (Å²) in [5, 5.41) is 3.28. The summed E-state index contributed by atoms with van der Waals surface area (Å²) in [4.78, 5) is 9.52. The Bertz CT molecular complexity index is 471. The maximum atomic E-state index is 5.79. The van der Waals surface area contributed by atoms with Crippen molar-refractivity contribution in [3.63, 3.8) is 0 Å². The number of nitrogens with zero attached hydrogens (tertiary/aromatic N) is 2. The van der Waals surface area contributed by atoms with E-state index in [-0.39, 0.29) is 0 Å². The first-order chi connectivity index (χ1) is 9.47. The van der Waals surface area contributed by atoms with Crippen molar-refractivity contribution in [2.24, 2.45) is 5.92 Å². The molecule has 1 N–H and O–H groups in total. The number of fused-ring (bicyclic) bond motifs is 1. The molecule has 0 saturated heterocycles. The van der Waals surface area contributed by atoms with E-state index in [0.29, 0.717) is 12.5 Å². The van der Waals surface area contributed by atoms with Crippen molar-refractivity contribution in [2.75, 3.05) is 20.2 Å². The number of nitrogens with one attached hydrogen (secondary N) is 1. The quantitative estimate of drug-likeness (QED) is 0.897. The third-order valence-electron chi connectivity index (χ3n) is 4.12. The van der Waals surface area contributed by atoms with Crippen molar-refractivity contribution in [1.82, 2.24) is 15.3 Å². The SMILES string of the molecule is CCOC(C)(C)c1nc(C)c2c(n1)CCC(CNC)C2. The van der Waals surface area contributed by atoms with Gasteiger partial charge in [0.15, 0.2) is 5.82 Å². The molecular formula is C16H27N3O. The third kappa shape index (κ3) is 3.18. The van der Waals surface area contributed by atoms with Crippen molar-refractivity contribution in [2.45, 2.75) is 52.6 Å². The Morgan fingerprint density at radius 2 is 2.10 bits per heavy atom. The first-order valence-corrected chi connectivity index (χ1v) is 7.63. The Kier molecular flexibility index (Phi) is 4.76. The van der Waals surface area contributed by atoms with Crippen LogP contribution in [0.15, 0.2) is 0 Å². The van der Waals surface area contributed by atoms with Gasteiger partial charge in [0.1, 0.15) is 5.60 Å². The van der Waals surface area contributed by atoms with Crippen molar-refractivity contribution >= 4 is 0 Å². The monoisotopic (exact) mass is 277 g/mol. The predicted molar refractivity (Wildman–Crippen MR) is 80.9 cm³/mol. The summed E-state index contributed by atoms with van der Waals surface area (Å²) in [6.07, 6.45) is 3.36. The molecule has 4 heteroatoms. The number of aromatic nitrogens is 2. The van der Waals surface area contributed by atoms with Gasteiger partial charge in [-0.05, 0) is 72.0 Å². The van der Waals surface area contributed by atoms with Crippen LogP contribution in [0.25, 0.3) is 0 Å². The molecule has 0 fully saturated rings. The molecule has 0 spiro atoms. The zero-order valence-electron chi connectivity index (χ0n) is 13.4. The van der Waals surface area contributed by atoms with Crippen LogP contribution < -0.4 is 5.32 Å². The van der Waals surface area contributed by atoms with E-state index in [9.17, 15) is 0 Å². The van der Waals surface area contributed by atoms with E-state index >= 15 is 0 Å². The molecule has 112 valence electrons. The van der Waals surface area contributed by atoms with Gasteiger partial charge in [0.2, 0.25) is 0 Å². The summed E-state index contributed by atoms with van der Waals surface area (Å²) in [7, 11) is 2.02. The summed E-state index contributed by atoms with van der Waals surface area (Å²) in [6.45, 7) is 9.96. The lowest BCUT2D eigenvalue weighted by Crippen LogP contribution is -2.30. The highest BCUT2D eigenvalue weighted by Crippen LogP contribution is 2.29. The number of hydrogen-bond donors (Lipinski definition) is 1. The molecule has 1 aromatic rings. The van der Waals surface area contributed by atoms with E-state index in [4.69, 9.17) is 14.7 Å². The van der Waals surface area contributed by atoms with Crippen LogP contribution in [0.5, 0.6) is 0 Å². The molecule has 1 unspecified atom stereocenters. The summed E-state index contributed by atoms with van der Waals surface area (Å²) in [6, 6.07) is 0. The zero-order valence-corrected chi connectivity index (χ0v) is 13.4. The minimum absolute atomic E-state index is 0.406. The van der Waals surface area contributed by atoms with E-state index in [1.54, 1.807) is 0 Å². The van der Waals surface area contributed by atoms with E-state index in [2.05, 4.69) is 12.2 Å². The molecule has 1 aliphatic carbocycles. The molecule has 20 heavy (non-hydrogen) atoms. The number of hydrogen-bond acceptors (Lipinski definition) is 4. The second-order valence-corrected chi connectivity index (χ2v) is 6.17. The van der Waals surface area contributed by atoms with Crippen LogP contribution in [0.2, 0.25) is 0 Å². The van der Waals surface area contributed by atoms with Crippen LogP contribution in [0.3, 0.4) is 0 Å². The van der Waals surface area contributed by atoms with Gasteiger partial charge in [-0.3, -0.25) is 0 Å². The summed E-state index contributed by atoms with van der Waals surface area (Å²) < 4.78 is 5.79. The van der Waals surface area contributed by atoms with Crippen molar-refractivity contribution in [1.29, 1.82) is 0 Å². The smallest absolute Gasteiger partial charge is 0.160 e. The lowest BCUT2D eigenvalue weighted by atomic mass is 9.85. The second kappa shape index (κ2) is 6.19. The Morgan fingerprint density at radius 3 is 2.75 bits per heavy atom. The van der Waals surface area contributed by atoms with Gasteiger partial charge in [0.25, 0.3) is 0 Å². The summed E-state index contributed by atoms with van der Waals surface area (Å²) >= 11 is 0. The van der Waals surface area contributed by atoms with Crippen LogP contribution in [-0.2, 0) is 23.2 Å². The lowest BCUT2D eigenvalue weighted by molar-refractivity contribution is -0.0211. The number of ether oxygens (including phenoxy) is 1. The van der Waals surface area contributed by atoms with Crippen LogP contribution in [0.4, 0.5) is 0 Å². The van der Waals surface area contributed by atoms with Gasteiger partial charge in [0, 0.05) is 18.0 Å². The van der Waals surface area contributed by atoms with Gasteiger partial charge in [-0.25, -0.2) is 9.97 Å². The largest absolute Gasteiger partial charge is 0.368 e. The average Bonchev–Trinajstić information content (AvgIpc) is 2.39. The average molecular weight is 277 g/mol. The summed E-state index contributed by atoms with van der Waals surface area (Å²) in [5.74, 6) is 1.53. The Morgan fingerprint density at radius 1 is 1.35 bits per heavy atom. The fourth-order valence-corrected chi connectivity index (χ4v) is 3.02. The molecular weight excluding hydrogens is 250 g/mol. The molecule has 1 heterocycles. The Hall–Kier alpha value is -1.00. The van der Waals surface area contributed by atoms with Crippen LogP contribution in [0.1, 0.15) is 50.0 Å². The Labute approximate surface area is 122 Å². The maximum Gasteiger partial charge on any atom is 0.160 e. The highest BCUT2D eigenvalue weighted by molar-refractivity contribution is 5.29. The minimum atomic E-state index is -0.406. The maximum absolute atomic E-state index is 5.79. The molecule has 2 rings (SSSR count). The fraction of sp³-hybridized carbons (Fsp3) is 0.750. The van der Waals surface area contributed by atoms with Crippen molar-refractivity contribution in [3.05, 3.63) is 22.8 Å². The Balaban J connectivity index is 2.29. The van der Waals surface area contributed by atoms with E-state index in [0.717, 1.165) is 30.9 Å². The van der Waals surface area contributed by atoms with Gasteiger partial charge in [-0.1, -0.05) is 0 Å². The molecule has 0 saturated carbocycles. The third-order valence-corrected chi connectivity index (χ3v) is 4.12. The fourth-order valence-electron chi connectivity index (χ4n) is 3.02. The standard InChI is InChI=1S/C16H27N3O/c1-6-20-16(3,4)15-18-11(2)13-9-12(10-17-5)7-8-14(13)19-15/h12,17H,6-10H2,1-5H3. The van der Waals surface area contributed by atoms with Gasteiger partial charge in [0.05, 0.1) is 0 Å². The van der Waals surface area contributed by atoms with Gasteiger partial charge in [-0.2, -0.15) is 0 Å². The van der Waals surface area contributed by atoms with Crippen molar-refractivity contribution < 1.29 is 4.74 Å². The molecule has 4 nitrogen and oxygen atoms in total. The highest BCUT2D eigenvalue weighted by atomic mass is 16.5. The molecule has 0 aromatic carbocycles. The van der Waals surface area contributed by atoms with E-state index in [1.165, 1.54) is 17.7 Å². The molecule has 1 aliphatic rings. The van der Waals surface area contributed by atoms with Crippen molar-refractivity contribution in [3.8, 4) is 0 Å². The second-order valence-electron chi connectivity index (χ2n) is 6.17. The normalized spacial score (nSPS) is 18.9. The first-order valence-electron chi connectivity index (χ1n) is 7.63. The number of rotatable bonds is 5. The molecule has 1 aromatic heterocycles. The van der Waals surface area contributed by atoms with E-state index < -0.39 is 5.60 Å². The van der Waals surface area contributed by atoms with Gasteiger partial charge in [-0.15, -0.1) is 0 Å². The predicted octanol–water partition coefficient (Wildman–Crippen LogP) is 2.38. The van der Waals surface area contributed by atoms with Crippen LogP contribution in [0, 0.1) is 12.8 Å². The molecule has 1 atom stereocenters. The topological polar surface area (TPSA) is 47.0 Å². The highest BCUT2D eigenvalue weighted by Gasteiger charge is 2.28. The van der Waals surface area contributed by atoms with Crippen LogP contribution in [-0.4, -0.2) is 30.2 Å². The molecule has 0 aliphatic heterocycles. The lowest BCUT2D eigenvalue weighted by Gasteiger charge is -2.28. The van der Waals surface area contributed by atoms with Crippen LogP contribution >= 0.6 is 0 Å². The number of aryl methyl sites for hydroxylation is 2. The molecule has 0 bridgehead atoms. The minimum Gasteiger partial charge on any atom is -0.368 e. The first kappa shape index (κ1) is 15.4.